The average Bonchev–Trinajstić information content (AvgIpc) is 2.59. The molecule has 0 saturated heterocycles. The molecule has 140 valence electrons. The predicted octanol–water partition coefficient (Wildman–Crippen LogP) is 5.66. The largest absolute Gasteiger partial charge is 0.488 e. The third-order valence-corrected chi connectivity index (χ3v) is 4.78. The van der Waals surface area contributed by atoms with Crippen LogP contribution in [-0.2, 0) is 6.61 Å². The summed E-state index contributed by atoms with van der Waals surface area (Å²) in [5.74, 6) is 0.641. The molecular weight excluding hydrogens is 364 g/mol. The first-order valence-corrected chi connectivity index (χ1v) is 9.14. The van der Waals surface area contributed by atoms with Crippen LogP contribution in [-0.4, -0.2) is 5.78 Å². The van der Waals surface area contributed by atoms with Crippen LogP contribution in [0.4, 0.5) is 0 Å². The molecule has 5 heteroatoms. The molecular formula is C22H21ClO4. The number of carbonyl (C=O) groups is 1. The van der Waals surface area contributed by atoms with Gasteiger partial charge in [-0.1, -0.05) is 25.4 Å². The maximum atomic E-state index is 12.0. The van der Waals surface area contributed by atoms with Gasteiger partial charge in [0.15, 0.2) is 5.78 Å². The second kappa shape index (κ2) is 7.57. The van der Waals surface area contributed by atoms with Gasteiger partial charge in [-0.15, -0.1) is 0 Å². The summed E-state index contributed by atoms with van der Waals surface area (Å²) in [6, 6.07) is 10.3. The molecule has 0 N–H and O–H groups in total. The zero-order chi connectivity index (χ0) is 19.7. The zero-order valence-corrected chi connectivity index (χ0v) is 16.5. The van der Waals surface area contributed by atoms with E-state index in [1.807, 2.05) is 19.1 Å². The van der Waals surface area contributed by atoms with Gasteiger partial charge in [-0.3, -0.25) is 4.79 Å². The highest BCUT2D eigenvalue weighted by Crippen LogP contribution is 2.29. The maximum absolute atomic E-state index is 12.0. The second-order valence-electron chi connectivity index (χ2n) is 6.94. The van der Waals surface area contributed by atoms with Gasteiger partial charge in [-0.2, -0.15) is 0 Å². The Hall–Kier alpha value is -2.59. The van der Waals surface area contributed by atoms with Crippen molar-refractivity contribution in [3.63, 3.8) is 0 Å². The monoisotopic (exact) mass is 384 g/mol. The van der Waals surface area contributed by atoms with E-state index in [2.05, 4.69) is 13.8 Å². The molecule has 0 aliphatic rings. The number of carbonyl (C=O) groups excluding carboxylic acids is 1. The topological polar surface area (TPSA) is 56.5 Å². The van der Waals surface area contributed by atoms with E-state index >= 15 is 0 Å². The van der Waals surface area contributed by atoms with E-state index in [1.54, 1.807) is 18.2 Å². The van der Waals surface area contributed by atoms with Crippen LogP contribution >= 0.6 is 11.6 Å². The lowest BCUT2D eigenvalue weighted by Crippen LogP contribution is -2.07. The van der Waals surface area contributed by atoms with Crippen molar-refractivity contribution >= 4 is 28.4 Å². The Morgan fingerprint density at radius 1 is 1.19 bits per heavy atom. The second-order valence-corrected chi connectivity index (χ2v) is 7.37. The van der Waals surface area contributed by atoms with E-state index in [0.29, 0.717) is 33.4 Å². The van der Waals surface area contributed by atoms with Gasteiger partial charge in [-0.05, 0) is 61.2 Å². The number of hydrogen-bond acceptors (Lipinski definition) is 4. The number of ether oxygens (including phenoxy) is 1. The predicted molar refractivity (Wildman–Crippen MR) is 107 cm³/mol. The van der Waals surface area contributed by atoms with E-state index < -0.39 is 5.63 Å². The van der Waals surface area contributed by atoms with Gasteiger partial charge >= 0.3 is 5.63 Å². The summed E-state index contributed by atoms with van der Waals surface area (Å²) >= 11 is 5.98. The quantitative estimate of drug-likeness (QED) is 0.420. The number of hydrogen-bond donors (Lipinski definition) is 0. The first kappa shape index (κ1) is 19.2. The number of ketones is 1. The lowest BCUT2D eigenvalue weighted by Gasteiger charge is -2.14. The summed E-state index contributed by atoms with van der Waals surface area (Å²) in [4.78, 5) is 23.8. The Morgan fingerprint density at radius 3 is 2.59 bits per heavy atom. The minimum atomic E-state index is -0.430. The molecule has 4 nitrogen and oxygen atoms in total. The molecule has 0 spiro atoms. The minimum Gasteiger partial charge on any atom is -0.488 e. The molecule has 2 aromatic carbocycles. The highest BCUT2D eigenvalue weighted by Gasteiger charge is 2.14. The summed E-state index contributed by atoms with van der Waals surface area (Å²) in [6.07, 6.45) is 0. The summed E-state index contributed by atoms with van der Waals surface area (Å²) in [5.41, 5.74) is 3.50. The van der Waals surface area contributed by atoms with Crippen molar-refractivity contribution in [2.24, 2.45) is 0 Å². The lowest BCUT2D eigenvalue weighted by molar-refractivity contribution is 0.101. The number of benzene rings is 2. The van der Waals surface area contributed by atoms with Crippen LogP contribution in [0.5, 0.6) is 5.75 Å². The fourth-order valence-corrected chi connectivity index (χ4v) is 3.36. The van der Waals surface area contributed by atoms with Crippen molar-refractivity contribution in [3.05, 3.63) is 74.1 Å². The fraction of sp³-hybridized carbons (Fsp3) is 0.273. The van der Waals surface area contributed by atoms with E-state index in [1.165, 1.54) is 18.6 Å². The zero-order valence-electron chi connectivity index (χ0n) is 15.8. The highest BCUT2D eigenvalue weighted by atomic mass is 35.5. The molecule has 0 fully saturated rings. The van der Waals surface area contributed by atoms with E-state index in [4.69, 9.17) is 20.8 Å². The van der Waals surface area contributed by atoms with Crippen LogP contribution in [0.3, 0.4) is 0 Å². The van der Waals surface area contributed by atoms with Crippen LogP contribution in [0.25, 0.3) is 11.0 Å². The van der Waals surface area contributed by atoms with E-state index in [-0.39, 0.29) is 12.4 Å². The minimum absolute atomic E-state index is 0.136. The molecule has 3 aromatic rings. The summed E-state index contributed by atoms with van der Waals surface area (Å²) < 4.78 is 11.2. The molecule has 0 radical (unpaired) electrons. The Labute approximate surface area is 162 Å². The van der Waals surface area contributed by atoms with Crippen molar-refractivity contribution < 1.29 is 13.9 Å². The Kier molecular flexibility index (Phi) is 5.38. The van der Waals surface area contributed by atoms with E-state index in [9.17, 15) is 9.59 Å². The van der Waals surface area contributed by atoms with Crippen molar-refractivity contribution in [1.82, 2.24) is 0 Å². The lowest BCUT2D eigenvalue weighted by atomic mass is 9.95. The number of halogens is 1. The van der Waals surface area contributed by atoms with E-state index in [0.717, 1.165) is 10.9 Å². The number of Topliss-reactive ketones (excluding diaryl/α,β-unsaturated/α-hetero) is 1. The first-order valence-electron chi connectivity index (χ1n) is 8.77. The van der Waals surface area contributed by atoms with Crippen molar-refractivity contribution in [3.8, 4) is 5.75 Å². The van der Waals surface area contributed by atoms with Gasteiger partial charge < -0.3 is 9.15 Å². The number of aryl methyl sites for hydroxylation is 1. The Bertz CT molecular complexity index is 1080. The SMILES string of the molecule is CC(=O)c1cc(Cl)ccc1OCc1cc(=O)oc2cc(C)c(C(C)C)cc12. The van der Waals surface area contributed by atoms with Crippen LogP contribution in [0, 0.1) is 6.92 Å². The summed E-state index contributed by atoms with van der Waals surface area (Å²) in [5, 5.41) is 1.30. The molecule has 3 rings (SSSR count). The fourth-order valence-electron chi connectivity index (χ4n) is 3.19. The van der Waals surface area contributed by atoms with Gasteiger partial charge in [0.2, 0.25) is 0 Å². The molecule has 1 aromatic heterocycles. The molecule has 1 heterocycles. The molecule has 27 heavy (non-hydrogen) atoms. The standard InChI is InChI=1S/C22H21ClO4/c1-12(2)17-10-19-15(8-22(25)27-21(19)7-13(17)3)11-26-20-6-5-16(23)9-18(20)14(4)24/h5-10,12H,11H2,1-4H3. The molecule has 0 amide bonds. The molecule has 0 saturated carbocycles. The van der Waals surface area contributed by atoms with Gasteiger partial charge in [0.1, 0.15) is 17.9 Å². The van der Waals surface area contributed by atoms with Crippen LogP contribution in [0.2, 0.25) is 5.02 Å². The van der Waals surface area contributed by atoms with Crippen molar-refractivity contribution in [2.75, 3.05) is 0 Å². The molecule has 0 aliphatic heterocycles. The van der Waals surface area contributed by atoms with Crippen molar-refractivity contribution in [1.29, 1.82) is 0 Å². The molecule has 0 aliphatic carbocycles. The maximum Gasteiger partial charge on any atom is 0.336 e. The average molecular weight is 385 g/mol. The number of rotatable bonds is 5. The van der Waals surface area contributed by atoms with Gasteiger partial charge in [0.25, 0.3) is 0 Å². The first-order chi connectivity index (χ1) is 12.8. The van der Waals surface area contributed by atoms with Crippen LogP contribution < -0.4 is 10.4 Å². The summed E-state index contributed by atoms with van der Waals surface area (Å²) in [7, 11) is 0. The molecule has 0 unspecified atom stereocenters. The number of fused-ring (bicyclic) bond motifs is 1. The molecule has 0 bridgehead atoms. The van der Waals surface area contributed by atoms with Crippen molar-refractivity contribution in [2.45, 2.75) is 40.2 Å². The Balaban J connectivity index is 2.04. The highest BCUT2D eigenvalue weighted by molar-refractivity contribution is 6.31. The summed E-state index contributed by atoms with van der Waals surface area (Å²) in [6.45, 7) is 7.85. The van der Waals surface area contributed by atoms with Crippen LogP contribution in [0.15, 0.2) is 45.6 Å². The smallest absolute Gasteiger partial charge is 0.336 e. The Morgan fingerprint density at radius 2 is 1.93 bits per heavy atom. The van der Waals surface area contributed by atoms with Gasteiger partial charge in [0.05, 0.1) is 5.56 Å². The third kappa shape index (κ3) is 4.06. The molecule has 0 atom stereocenters. The van der Waals surface area contributed by atoms with Gasteiger partial charge in [-0.25, -0.2) is 4.79 Å². The van der Waals surface area contributed by atoms with Gasteiger partial charge in [0, 0.05) is 22.0 Å². The normalized spacial score (nSPS) is 11.2. The third-order valence-electron chi connectivity index (χ3n) is 4.54. The van der Waals surface area contributed by atoms with Crippen LogP contribution in [0.1, 0.15) is 53.7 Å².